The van der Waals surface area contributed by atoms with Crippen molar-refractivity contribution >= 4 is 103 Å². The van der Waals surface area contributed by atoms with Crippen LogP contribution >= 0.6 is 0 Å². The maximum atomic E-state index is 10.3. The summed E-state index contributed by atoms with van der Waals surface area (Å²) in [5.41, 5.74) is 16.0. The molecule has 0 bridgehead atoms. The van der Waals surface area contributed by atoms with Crippen LogP contribution in [0.15, 0.2) is 218 Å². The van der Waals surface area contributed by atoms with Crippen LogP contribution in [0.1, 0.15) is 5.56 Å². The van der Waals surface area contributed by atoms with E-state index in [1.807, 2.05) is 0 Å². The molecule has 0 aliphatic rings. The fourth-order valence-corrected chi connectivity index (χ4v) is 11.5. The number of para-hydroxylation sites is 4. The molecule has 0 amide bonds. The van der Waals surface area contributed by atoms with Gasteiger partial charge in [0.25, 0.3) is 0 Å². The highest BCUT2D eigenvalue weighted by molar-refractivity contribution is 6.26. The van der Waals surface area contributed by atoms with Crippen molar-refractivity contribution in [3.63, 3.8) is 0 Å². The SMILES string of the molecule is N#Cc1cc2c3cc4ccc(-c5ccc6c(c5)c5ccccc5n6-c5ccccc5)cc4cc3n3c4cc5cc(-c6ccc7c(c6)c6ccccc6n7-c6ccccc6)ccc5cc4c(c1)c23. The van der Waals surface area contributed by atoms with Crippen LogP contribution in [0.5, 0.6) is 0 Å². The van der Waals surface area contributed by atoms with Gasteiger partial charge in [-0.15, -0.1) is 0 Å². The molecule has 0 saturated carbocycles. The number of rotatable bonds is 4. The molecule has 0 saturated heterocycles. The predicted molar refractivity (Wildman–Crippen MR) is 280 cm³/mol. The Morgan fingerprint density at radius 2 is 0.687 bits per heavy atom. The van der Waals surface area contributed by atoms with E-state index in [1.165, 1.54) is 87.4 Å². The summed E-state index contributed by atoms with van der Waals surface area (Å²) in [7, 11) is 0. The van der Waals surface area contributed by atoms with Crippen molar-refractivity contribution in [3.8, 4) is 39.7 Å². The summed E-state index contributed by atoms with van der Waals surface area (Å²) in [6.45, 7) is 0. The molecule has 0 aliphatic heterocycles. The van der Waals surface area contributed by atoms with Gasteiger partial charge < -0.3 is 13.5 Å². The highest BCUT2D eigenvalue weighted by Gasteiger charge is 2.21. The van der Waals surface area contributed by atoms with Gasteiger partial charge in [0.05, 0.1) is 50.2 Å². The van der Waals surface area contributed by atoms with Crippen LogP contribution in [-0.2, 0) is 0 Å². The van der Waals surface area contributed by atoms with E-state index in [4.69, 9.17) is 0 Å². The first-order chi connectivity index (χ1) is 33.1. The lowest BCUT2D eigenvalue weighted by Gasteiger charge is -2.09. The summed E-state index contributed by atoms with van der Waals surface area (Å²) >= 11 is 0. The lowest BCUT2D eigenvalue weighted by Crippen LogP contribution is -1.92. The number of nitriles is 1. The summed E-state index contributed by atoms with van der Waals surface area (Å²) in [4.78, 5) is 0. The molecule has 0 fully saturated rings. The molecule has 0 aliphatic carbocycles. The maximum Gasteiger partial charge on any atom is 0.0992 e. The van der Waals surface area contributed by atoms with E-state index < -0.39 is 0 Å². The van der Waals surface area contributed by atoms with Crippen LogP contribution in [0, 0.1) is 11.3 Å². The van der Waals surface area contributed by atoms with Gasteiger partial charge in [-0.1, -0.05) is 109 Å². The van der Waals surface area contributed by atoms with E-state index in [0.717, 1.165) is 49.5 Å². The zero-order valence-electron chi connectivity index (χ0n) is 36.1. The second-order valence-electron chi connectivity index (χ2n) is 18.1. The van der Waals surface area contributed by atoms with Crippen LogP contribution in [0.2, 0.25) is 0 Å². The van der Waals surface area contributed by atoms with Gasteiger partial charge >= 0.3 is 0 Å². The Morgan fingerprint density at radius 3 is 1.16 bits per heavy atom. The number of benzene rings is 11. The number of nitrogens with zero attached hydrogens (tertiary/aromatic N) is 4. The molecular formula is C63H36N4. The second kappa shape index (κ2) is 13.4. The average Bonchev–Trinajstić information content (AvgIpc) is 4.10. The van der Waals surface area contributed by atoms with Crippen molar-refractivity contribution in [2.45, 2.75) is 0 Å². The van der Waals surface area contributed by atoms with Crippen molar-refractivity contribution in [1.29, 1.82) is 5.26 Å². The lowest BCUT2D eigenvalue weighted by molar-refractivity contribution is 1.18. The number of hydrogen-bond donors (Lipinski definition) is 0. The van der Waals surface area contributed by atoms with Crippen molar-refractivity contribution < 1.29 is 0 Å². The first-order valence-corrected chi connectivity index (χ1v) is 22.9. The molecule has 0 radical (unpaired) electrons. The summed E-state index contributed by atoms with van der Waals surface area (Å²) in [5, 5.41) is 24.5. The normalized spacial score (nSPS) is 12.2. The zero-order chi connectivity index (χ0) is 43.9. The largest absolute Gasteiger partial charge is 0.309 e. The minimum atomic E-state index is 0.674. The van der Waals surface area contributed by atoms with E-state index in [1.54, 1.807) is 0 Å². The highest BCUT2D eigenvalue weighted by Crippen LogP contribution is 2.44. The Kier molecular flexibility index (Phi) is 7.26. The molecule has 4 heteroatoms. The molecular weight excluding hydrogens is 813 g/mol. The standard InChI is InChI=1S/C63H36N4/c64-37-38-27-55-53-33-43-21-19-39(41-23-25-59-51(31-41)49-15-7-9-17-57(49)65(59)47-11-3-1-4-12-47)29-45(43)35-61(53)67-62-36-46-30-40(20-22-44(46)34-54(62)56(28-38)63(55)67)42-24-26-60-52(32-42)50-16-8-10-18-58(50)66(60)48-13-5-2-6-14-48/h1-36H. The van der Waals surface area contributed by atoms with Gasteiger partial charge in [0.2, 0.25) is 0 Å². The molecule has 67 heavy (non-hydrogen) atoms. The molecule has 0 N–H and O–H groups in total. The van der Waals surface area contributed by atoms with Gasteiger partial charge in [0.1, 0.15) is 0 Å². The minimum absolute atomic E-state index is 0.674. The Bertz CT molecular complexity index is 4330. The number of fused-ring (bicyclic) bond motifs is 14. The van der Waals surface area contributed by atoms with Gasteiger partial charge in [-0.05, 0) is 153 Å². The predicted octanol–water partition coefficient (Wildman–Crippen LogP) is 16.5. The van der Waals surface area contributed by atoms with Gasteiger partial charge in [-0.25, -0.2) is 0 Å². The summed E-state index contributed by atoms with van der Waals surface area (Å²) in [5.74, 6) is 0. The van der Waals surface area contributed by atoms with E-state index in [-0.39, 0.29) is 0 Å². The zero-order valence-corrected chi connectivity index (χ0v) is 36.1. The molecule has 4 aromatic heterocycles. The number of hydrogen-bond acceptors (Lipinski definition) is 1. The summed E-state index contributed by atoms with van der Waals surface area (Å²) in [6, 6.07) is 82.2. The number of aromatic nitrogens is 3. The topological polar surface area (TPSA) is 38.1 Å². The molecule has 15 aromatic rings. The average molecular weight is 849 g/mol. The van der Waals surface area contributed by atoms with Gasteiger partial charge in [0.15, 0.2) is 0 Å². The molecule has 11 aromatic carbocycles. The Balaban J connectivity index is 0.904. The Hall–Kier alpha value is -9.17. The van der Waals surface area contributed by atoms with Crippen molar-refractivity contribution in [1.82, 2.24) is 13.5 Å². The van der Waals surface area contributed by atoms with Gasteiger partial charge in [-0.3, -0.25) is 0 Å². The van der Waals surface area contributed by atoms with E-state index in [2.05, 4.69) is 238 Å². The molecule has 0 unspecified atom stereocenters. The van der Waals surface area contributed by atoms with E-state index in [9.17, 15) is 5.26 Å². The van der Waals surface area contributed by atoms with Crippen LogP contribution < -0.4 is 0 Å². The molecule has 0 spiro atoms. The lowest BCUT2D eigenvalue weighted by atomic mass is 9.97. The fourth-order valence-electron chi connectivity index (χ4n) is 11.5. The summed E-state index contributed by atoms with van der Waals surface area (Å²) in [6.07, 6.45) is 0. The van der Waals surface area contributed by atoms with E-state index >= 15 is 0 Å². The first kappa shape index (κ1) is 36.2. The third-order valence-corrected chi connectivity index (χ3v) is 14.5. The van der Waals surface area contributed by atoms with Crippen molar-refractivity contribution in [3.05, 3.63) is 224 Å². The molecule has 15 rings (SSSR count). The minimum Gasteiger partial charge on any atom is -0.309 e. The maximum absolute atomic E-state index is 10.3. The van der Waals surface area contributed by atoms with Gasteiger partial charge in [0, 0.05) is 54.5 Å². The van der Waals surface area contributed by atoms with Crippen LogP contribution in [-0.4, -0.2) is 13.5 Å². The first-order valence-electron chi connectivity index (χ1n) is 22.9. The Morgan fingerprint density at radius 1 is 0.284 bits per heavy atom. The quantitative estimate of drug-likeness (QED) is 0.174. The third-order valence-electron chi connectivity index (χ3n) is 14.5. The second-order valence-corrected chi connectivity index (χ2v) is 18.1. The Labute approximate surface area is 383 Å². The van der Waals surface area contributed by atoms with E-state index in [0.29, 0.717) is 5.56 Å². The molecule has 308 valence electrons. The molecule has 4 heterocycles. The highest BCUT2D eigenvalue weighted by atomic mass is 15.0. The summed E-state index contributed by atoms with van der Waals surface area (Å²) < 4.78 is 7.18. The molecule has 4 nitrogen and oxygen atoms in total. The smallest absolute Gasteiger partial charge is 0.0992 e. The van der Waals surface area contributed by atoms with Crippen LogP contribution in [0.3, 0.4) is 0 Å². The van der Waals surface area contributed by atoms with Crippen molar-refractivity contribution in [2.24, 2.45) is 0 Å². The molecule has 0 atom stereocenters. The van der Waals surface area contributed by atoms with Crippen LogP contribution in [0.4, 0.5) is 0 Å². The fraction of sp³-hybridized carbons (Fsp3) is 0. The monoisotopic (exact) mass is 848 g/mol. The van der Waals surface area contributed by atoms with Crippen LogP contribution in [0.25, 0.3) is 137 Å². The van der Waals surface area contributed by atoms with Crippen molar-refractivity contribution in [2.75, 3.05) is 0 Å². The third kappa shape index (κ3) is 5.11. The van der Waals surface area contributed by atoms with Gasteiger partial charge in [-0.2, -0.15) is 5.26 Å².